The first kappa shape index (κ1) is 33.2. The van der Waals surface area contributed by atoms with Crippen LogP contribution in [0.4, 0.5) is 17.1 Å². The number of hydrogen-bond donors (Lipinski definition) is 0. The number of thiophene rings is 1. The van der Waals surface area contributed by atoms with Gasteiger partial charge in [0.05, 0.1) is 11.0 Å². The van der Waals surface area contributed by atoms with Gasteiger partial charge in [0.2, 0.25) is 0 Å². The van der Waals surface area contributed by atoms with Crippen molar-refractivity contribution < 1.29 is 0 Å². The Balaban J connectivity index is 0.997. The summed E-state index contributed by atoms with van der Waals surface area (Å²) < 4.78 is 5.00. The quantitative estimate of drug-likeness (QED) is 0.158. The summed E-state index contributed by atoms with van der Waals surface area (Å²) in [4.78, 5) is 2.38. The molecule has 0 bridgehead atoms. The van der Waals surface area contributed by atoms with Crippen molar-refractivity contribution in [2.45, 2.75) is 0 Å². The molecular formula is C54H36N2S. The number of aromatic nitrogens is 1. The Bertz CT molecular complexity index is 3210. The molecular weight excluding hydrogens is 709 g/mol. The first-order valence-electron chi connectivity index (χ1n) is 19.4. The first-order valence-corrected chi connectivity index (χ1v) is 20.2. The highest BCUT2D eigenvalue weighted by Gasteiger charge is 2.18. The Morgan fingerprint density at radius 1 is 0.333 bits per heavy atom. The number of nitrogens with zero attached hydrogens (tertiary/aromatic N) is 2. The van der Waals surface area contributed by atoms with Crippen LogP contribution in [0.3, 0.4) is 0 Å². The summed E-state index contributed by atoms with van der Waals surface area (Å²) in [5.41, 5.74) is 14.2. The van der Waals surface area contributed by atoms with E-state index in [0.29, 0.717) is 0 Å². The molecule has 268 valence electrons. The molecule has 0 spiro atoms. The van der Waals surface area contributed by atoms with Crippen molar-refractivity contribution in [3.05, 3.63) is 218 Å². The highest BCUT2D eigenvalue weighted by Crippen LogP contribution is 2.43. The van der Waals surface area contributed by atoms with Crippen LogP contribution in [-0.4, -0.2) is 4.57 Å². The summed E-state index contributed by atoms with van der Waals surface area (Å²) in [6.45, 7) is 0. The lowest BCUT2D eigenvalue weighted by atomic mass is 9.95. The topological polar surface area (TPSA) is 8.17 Å². The van der Waals surface area contributed by atoms with E-state index < -0.39 is 0 Å². The Morgan fingerprint density at radius 3 is 1.65 bits per heavy atom. The zero-order chi connectivity index (χ0) is 37.7. The minimum atomic E-state index is 1.11. The molecule has 2 heterocycles. The van der Waals surface area contributed by atoms with E-state index in [0.717, 1.165) is 17.1 Å². The fourth-order valence-corrected chi connectivity index (χ4v) is 9.60. The zero-order valence-electron chi connectivity index (χ0n) is 31.1. The van der Waals surface area contributed by atoms with Crippen molar-refractivity contribution in [1.29, 1.82) is 0 Å². The van der Waals surface area contributed by atoms with E-state index in [1.54, 1.807) is 0 Å². The molecule has 11 aromatic rings. The summed E-state index contributed by atoms with van der Waals surface area (Å²) in [5, 5.41) is 5.12. The lowest BCUT2D eigenvalue weighted by Crippen LogP contribution is -2.09. The molecule has 2 nitrogen and oxygen atoms in total. The molecule has 0 aliphatic carbocycles. The summed E-state index contributed by atoms with van der Waals surface area (Å²) >= 11 is 1.85. The van der Waals surface area contributed by atoms with Gasteiger partial charge in [-0.25, -0.2) is 0 Å². The number of rotatable bonds is 7. The van der Waals surface area contributed by atoms with Crippen molar-refractivity contribution in [1.82, 2.24) is 4.57 Å². The van der Waals surface area contributed by atoms with Gasteiger partial charge in [0.25, 0.3) is 0 Å². The first-order chi connectivity index (χ1) is 28.3. The van der Waals surface area contributed by atoms with Gasteiger partial charge in [-0.3, -0.25) is 0 Å². The Labute approximate surface area is 335 Å². The van der Waals surface area contributed by atoms with Gasteiger partial charge >= 0.3 is 0 Å². The van der Waals surface area contributed by atoms with Gasteiger partial charge in [-0.1, -0.05) is 140 Å². The summed E-state index contributed by atoms with van der Waals surface area (Å²) in [7, 11) is 0. The van der Waals surface area contributed by atoms with Crippen LogP contribution >= 0.6 is 11.3 Å². The number of hydrogen-bond acceptors (Lipinski definition) is 2. The molecule has 0 saturated heterocycles. The number of anilines is 3. The lowest BCUT2D eigenvalue weighted by Gasteiger charge is -2.26. The van der Waals surface area contributed by atoms with E-state index in [1.807, 2.05) is 11.3 Å². The maximum Gasteiger partial charge on any atom is 0.0547 e. The standard InChI is InChI=1S/C54H36N2S/c1-3-13-37(14-4-1)38-25-29-43(30-26-38)55(45-33-34-53-49(36-45)47-19-8-10-24-52(47)57-53)44-31-27-39(28-32-44)40-15-11-16-41(35-40)46-21-12-23-51-54(46)48-20-7-9-22-50(48)56(51)42-17-5-2-6-18-42/h1-36H. The average Bonchev–Trinajstić information content (AvgIpc) is 3.83. The molecule has 0 fully saturated rings. The Kier molecular flexibility index (Phi) is 8.04. The summed E-state index contributed by atoms with van der Waals surface area (Å²) in [6.07, 6.45) is 0. The van der Waals surface area contributed by atoms with E-state index in [1.165, 1.54) is 81.0 Å². The molecule has 0 unspecified atom stereocenters. The molecule has 11 rings (SSSR count). The molecule has 0 radical (unpaired) electrons. The predicted octanol–water partition coefficient (Wildman–Crippen LogP) is 15.6. The largest absolute Gasteiger partial charge is 0.310 e. The zero-order valence-corrected chi connectivity index (χ0v) is 31.9. The third kappa shape index (κ3) is 5.80. The molecule has 0 aliphatic rings. The second kappa shape index (κ2) is 13.8. The summed E-state index contributed by atoms with van der Waals surface area (Å²) in [6, 6.07) is 79.3. The Hall–Kier alpha value is -7.20. The van der Waals surface area contributed by atoms with E-state index in [2.05, 4.69) is 228 Å². The SMILES string of the molecule is c1ccc(-c2ccc(N(c3ccc(-c4cccc(-c5cccc6c5c5ccccc5n6-c5ccccc5)c4)cc3)c3ccc4sc5ccccc5c4c3)cc2)cc1. The van der Waals surface area contributed by atoms with Gasteiger partial charge in [-0.05, 0) is 112 Å². The van der Waals surface area contributed by atoms with Crippen LogP contribution in [0, 0.1) is 0 Å². The van der Waals surface area contributed by atoms with Crippen molar-refractivity contribution in [2.75, 3.05) is 4.90 Å². The van der Waals surface area contributed by atoms with Crippen LogP contribution in [0.1, 0.15) is 0 Å². The van der Waals surface area contributed by atoms with E-state index in [9.17, 15) is 0 Å². The van der Waals surface area contributed by atoms with Gasteiger partial charge in [-0.2, -0.15) is 0 Å². The molecule has 3 heteroatoms. The minimum absolute atomic E-state index is 1.11. The van der Waals surface area contributed by atoms with Crippen LogP contribution in [-0.2, 0) is 0 Å². The molecule has 9 aromatic carbocycles. The Morgan fingerprint density at radius 2 is 0.877 bits per heavy atom. The number of benzene rings is 9. The molecule has 2 aromatic heterocycles. The van der Waals surface area contributed by atoms with Crippen molar-refractivity contribution in [2.24, 2.45) is 0 Å². The molecule has 57 heavy (non-hydrogen) atoms. The highest BCUT2D eigenvalue weighted by molar-refractivity contribution is 7.25. The number of para-hydroxylation sites is 2. The van der Waals surface area contributed by atoms with Crippen LogP contribution < -0.4 is 4.90 Å². The van der Waals surface area contributed by atoms with Gasteiger partial charge in [0.1, 0.15) is 0 Å². The monoisotopic (exact) mass is 744 g/mol. The molecule has 0 saturated carbocycles. The van der Waals surface area contributed by atoms with Gasteiger partial charge in [-0.15, -0.1) is 11.3 Å². The van der Waals surface area contributed by atoms with Gasteiger partial charge in [0, 0.05) is 53.7 Å². The summed E-state index contributed by atoms with van der Waals surface area (Å²) in [5.74, 6) is 0. The fraction of sp³-hybridized carbons (Fsp3) is 0. The second-order valence-corrected chi connectivity index (χ2v) is 15.6. The van der Waals surface area contributed by atoms with Crippen LogP contribution in [0.2, 0.25) is 0 Å². The van der Waals surface area contributed by atoms with Crippen LogP contribution in [0.15, 0.2) is 218 Å². The second-order valence-electron chi connectivity index (χ2n) is 14.5. The van der Waals surface area contributed by atoms with E-state index in [-0.39, 0.29) is 0 Å². The third-order valence-corrected chi connectivity index (χ3v) is 12.3. The van der Waals surface area contributed by atoms with Crippen LogP contribution in [0.5, 0.6) is 0 Å². The maximum absolute atomic E-state index is 2.39. The maximum atomic E-state index is 2.39. The minimum Gasteiger partial charge on any atom is -0.310 e. The average molecular weight is 745 g/mol. The van der Waals surface area contributed by atoms with Crippen LogP contribution in [0.25, 0.3) is 81.0 Å². The predicted molar refractivity (Wildman–Crippen MR) is 245 cm³/mol. The van der Waals surface area contributed by atoms with E-state index >= 15 is 0 Å². The number of fused-ring (bicyclic) bond motifs is 6. The van der Waals surface area contributed by atoms with Crippen molar-refractivity contribution in [3.8, 4) is 39.1 Å². The third-order valence-electron chi connectivity index (χ3n) is 11.2. The smallest absolute Gasteiger partial charge is 0.0547 e. The highest BCUT2D eigenvalue weighted by atomic mass is 32.1. The lowest BCUT2D eigenvalue weighted by molar-refractivity contribution is 1.18. The normalized spacial score (nSPS) is 11.5. The molecule has 0 amide bonds. The molecule has 0 aliphatic heterocycles. The molecule has 0 atom stereocenters. The van der Waals surface area contributed by atoms with Gasteiger partial charge in [0.15, 0.2) is 0 Å². The van der Waals surface area contributed by atoms with Crippen molar-refractivity contribution in [3.63, 3.8) is 0 Å². The molecule has 0 N–H and O–H groups in total. The van der Waals surface area contributed by atoms with Crippen molar-refractivity contribution >= 4 is 70.4 Å². The van der Waals surface area contributed by atoms with E-state index in [4.69, 9.17) is 0 Å². The fourth-order valence-electron chi connectivity index (χ4n) is 8.52. The van der Waals surface area contributed by atoms with Gasteiger partial charge < -0.3 is 9.47 Å².